The zero-order valence-corrected chi connectivity index (χ0v) is 16.4. The van der Waals surface area contributed by atoms with E-state index in [-0.39, 0.29) is 23.2 Å². The third-order valence-electron chi connectivity index (χ3n) is 3.70. The topological polar surface area (TPSA) is 101 Å². The summed E-state index contributed by atoms with van der Waals surface area (Å²) < 4.78 is 27.7. The minimum Gasteiger partial charge on any atom is -0.352 e. The van der Waals surface area contributed by atoms with E-state index in [9.17, 15) is 13.2 Å². The van der Waals surface area contributed by atoms with Crippen LogP contribution in [0.4, 0.5) is 5.69 Å². The number of halogens is 1. The summed E-state index contributed by atoms with van der Waals surface area (Å²) in [5.74, 6) is -0.211. The molecule has 8 heteroatoms. The van der Waals surface area contributed by atoms with Crippen LogP contribution in [0.2, 0.25) is 0 Å². The van der Waals surface area contributed by atoms with Crippen LogP contribution in [-0.4, -0.2) is 27.4 Å². The number of rotatable bonds is 7. The fraction of sp³-hybridized carbons (Fsp3) is 0.278. The van der Waals surface area contributed by atoms with Crippen LogP contribution in [0.25, 0.3) is 0 Å². The van der Waals surface area contributed by atoms with E-state index in [0.29, 0.717) is 36.3 Å². The molecule has 0 fully saturated rings. The zero-order valence-electron chi connectivity index (χ0n) is 14.8. The van der Waals surface area contributed by atoms with Gasteiger partial charge in [-0.05, 0) is 68.3 Å². The van der Waals surface area contributed by atoms with Gasteiger partial charge in [0.1, 0.15) is 0 Å². The number of hydrogen-bond acceptors (Lipinski definition) is 4. The lowest BCUT2D eigenvalue weighted by Crippen LogP contribution is -2.25. The summed E-state index contributed by atoms with van der Waals surface area (Å²) in [5.41, 5.74) is 7.80. The molecule has 2 aromatic rings. The van der Waals surface area contributed by atoms with Crippen molar-refractivity contribution in [1.82, 2.24) is 5.32 Å². The quantitative estimate of drug-likeness (QED) is 0.625. The lowest BCUT2D eigenvalue weighted by atomic mass is 10.2. The summed E-state index contributed by atoms with van der Waals surface area (Å²) >= 11 is 0. The van der Waals surface area contributed by atoms with E-state index in [1.165, 1.54) is 0 Å². The Balaban J connectivity index is 0.00000338. The van der Waals surface area contributed by atoms with Gasteiger partial charge >= 0.3 is 0 Å². The molecule has 0 spiro atoms. The van der Waals surface area contributed by atoms with Crippen LogP contribution in [0.3, 0.4) is 0 Å². The van der Waals surface area contributed by atoms with Crippen LogP contribution < -0.4 is 15.8 Å². The minimum atomic E-state index is -3.68. The summed E-state index contributed by atoms with van der Waals surface area (Å²) in [7, 11) is -3.68. The number of aryl methyl sites for hydroxylation is 2. The molecule has 0 saturated heterocycles. The van der Waals surface area contributed by atoms with Gasteiger partial charge < -0.3 is 11.1 Å². The highest BCUT2D eigenvalue weighted by molar-refractivity contribution is 7.92. The molecule has 0 radical (unpaired) electrons. The molecule has 0 bridgehead atoms. The number of sulfonamides is 1. The molecule has 0 aliphatic heterocycles. The number of nitrogens with two attached hydrogens (primary N) is 1. The molecule has 26 heavy (non-hydrogen) atoms. The maximum absolute atomic E-state index is 12.6. The first kappa shape index (κ1) is 22.0. The normalized spacial score (nSPS) is 10.7. The Kier molecular flexibility index (Phi) is 8.08. The second-order valence-corrected chi connectivity index (χ2v) is 7.50. The van der Waals surface area contributed by atoms with Crippen LogP contribution in [0, 0.1) is 13.8 Å². The highest BCUT2D eigenvalue weighted by atomic mass is 35.5. The Hall–Kier alpha value is -2.09. The summed E-state index contributed by atoms with van der Waals surface area (Å²) in [5, 5.41) is 2.75. The number of benzene rings is 2. The van der Waals surface area contributed by atoms with Gasteiger partial charge in [0, 0.05) is 17.8 Å². The van der Waals surface area contributed by atoms with Gasteiger partial charge in [0.2, 0.25) is 0 Å². The van der Waals surface area contributed by atoms with Gasteiger partial charge in [-0.1, -0.05) is 12.1 Å². The summed E-state index contributed by atoms with van der Waals surface area (Å²) in [4.78, 5) is 12.2. The Labute approximate surface area is 160 Å². The molecule has 0 aliphatic rings. The molecule has 0 unspecified atom stereocenters. The minimum absolute atomic E-state index is 0. The highest BCUT2D eigenvalue weighted by Crippen LogP contribution is 2.21. The summed E-state index contributed by atoms with van der Waals surface area (Å²) in [6, 6.07) is 11.6. The zero-order chi connectivity index (χ0) is 18.4. The van der Waals surface area contributed by atoms with E-state index in [1.54, 1.807) is 43.3 Å². The fourth-order valence-corrected chi connectivity index (χ4v) is 3.69. The van der Waals surface area contributed by atoms with Crippen molar-refractivity contribution in [3.05, 3.63) is 59.2 Å². The molecule has 1 amide bonds. The number of nitrogens with one attached hydrogen (secondary N) is 2. The molecule has 142 valence electrons. The monoisotopic (exact) mass is 397 g/mol. The second kappa shape index (κ2) is 9.56. The van der Waals surface area contributed by atoms with Crippen molar-refractivity contribution in [2.75, 3.05) is 17.8 Å². The molecule has 6 nitrogen and oxygen atoms in total. The molecule has 0 aromatic heterocycles. The van der Waals surface area contributed by atoms with Gasteiger partial charge in [-0.15, -0.1) is 12.4 Å². The number of hydrogen-bond donors (Lipinski definition) is 3. The first-order valence-corrected chi connectivity index (χ1v) is 9.50. The van der Waals surface area contributed by atoms with Crippen molar-refractivity contribution in [3.63, 3.8) is 0 Å². The second-order valence-electron chi connectivity index (χ2n) is 5.85. The van der Waals surface area contributed by atoms with Crippen molar-refractivity contribution < 1.29 is 13.2 Å². The molecule has 0 atom stereocenters. The van der Waals surface area contributed by atoms with Crippen LogP contribution >= 0.6 is 12.4 Å². The van der Waals surface area contributed by atoms with E-state index >= 15 is 0 Å². The molecular weight excluding hydrogens is 374 g/mol. The van der Waals surface area contributed by atoms with Gasteiger partial charge in [0.05, 0.1) is 4.90 Å². The third kappa shape index (κ3) is 5.72. The van der Waals surface area contributed by atoms with E-state index in [2.05, 4.69) is 10.0 Å². The first-order valence-electron chi connectivity index (χ1n) is 8.02. The van der Waals surface area contributed by atoms with Crippen molar-refractivity contribution in [2.24, 2.45) is 5.73 Å². The van der Waals surface area contributed by atoms with Crippen LogP contribution in [0.15, 0.2) is 47.4 Å². The fourth-order valence-electron chi connectivity index (χ4n) is 2.30. The lowest BCUT2D eigenvalue weighted by Gasteiger charge is -2.11. The molecule has 2 aromatic carbocycles. The van der Waals surface area contributed by atoms with Gasteiger partial charge in [-0.2, -0.15) is 0 Å². The molecule has 0 aliphatic carbocycles. The molecule has 4 N–H and O–H groups in total. The van der Waals surface area contributed by atoms with Gasteiger partial charge in [-0.3, -0.25) is 9.52 Å². The Bertz CT molecular complexity index is 852. The number of carbonyl (C=O) groups is 1. The van der Waals surface area contributed by atoms with Gasteiger partial charge in [-0.25, -0.2) is 8.42 Å². The Morgan fingerprint density at radius 3 is 2.35 bits per heavy atom. The number of carbonyl (C=O) groups excluding carboxylic acids is 1. The predicted molar refractivity (Wildman–Crippen MR) is 106 cm³/mol. The van der Waals surface area contributed by atoms with Crippen molar-refractivity contribution in [3.8, 4) is 0 Å². The molecular formula is C18H24ClN3O3S. The smallest absolute Gasteiger partial charge is 0.262 e. The van der Waals surface area contributed by atoms with Crippen LogP contribution in [0.5, 0.6) is 0 Å². The molecule has 0 heterocycles. The van der Waals surface area contributed by atoms with Gasteiger partial charge in [0.25, 0.3) is 15.9 Å². The number of anilines is 1. The number of amides is 1. The first-order chi connectivity index (χ1) is 11.8. The average Bonchev–Trinajstić information content (AvgIpc) is 2.57. The Morgan fingerprint density at radius 2 is 1.73 bits per heavy atom. The predicted octanol–water partition coefficient (Wildman–Crippen LogP) is 2.60. The van der Waals surface area contributed by atoms with Crippen LogP contribution in [0.1, 0.15) is 27.9 Å². The van der Waals surface area contributed by atoms with Crippen molar-refractivity contribution >= 4 is 34.0 Å². The summed E-state index contributed by atoms with van der Waals surface area (Å²) in [6.07, 6.45) is 0.708. The highest BCUT2D eigenvalue weighted by Gasteiger charge is 2.17. The lowest BCUT2D eigenvalue weighted by molar-refractivity contribution is 0.0953. The van der Waals surface area contributed by atoms with E-state index in [4.69, 9.17) is 5.73 Å². The third-order valence-corrected chi connectivity index (χ3v) is 5.22. The average molecular weight is 398 g/mol. The van der Waals surface area contributed by atoms with E-state index < -0.39 is 10.0 Å². The SMILES string of the molecule is Cc1ccc(C)c(S(=O)(=O)Nc2ccc(C(=O)NCCCN)cc2)c1.Cl. The standard InChI is InChI=1S/C18H23N3O3S.ClH/c1-13-4-5-14(2)17(12-13)25(23,24)21-16-8-6-15(7-9-16)18(22)20-11-3-10-19;/h4-9,12,21H,3,10-11,19H2,1-2H3,(H,20,22);1H. The van der Waals surface area contributed by atoms with Crippen molar-refractivity contribution in [2.45, 2.75) is 25.2 Å². The maximum atomic E-state index is 12.6. The molecule has 0 saturated carbocycles. The molecule has 2 rings (SSSR count). The van der Waals surface area contributed by atoms with Gasteiger partial charge in [0.15, 0.2) is 0 Å². The largest absolute Gasteiger partial charge is 0.352 e. The maximum Gasteiger partial charge on any atom is 0.262 e. The summed E-state index contributed by atoms with van der Waals surface area (Å²) in [6.45, 7) is 4.62. The Morgan fingerprint density at radius 1 is 1.08 bits per heavy atom. The van der Waals surface area contributed by atoms with Crippen LogP contribution in [-0.2, 0) is 10.0 Å². The van der Waals surface area contributed by atoms with E-state index in [0.717, 1.165) is 5.56 Å². The van der Waals surface area contributed by atoms with E-state index in [1.807, 2.05) is 13.0 Å². The van der Waals surface area contributed by atoms with Crippen molar-refractivity contribution in [1.29, 1.82) is 0 Å².